The summed E-state index contributed by atoms with van der Waals surface area (Å²) < 4.78 is 4.37. The molecule has 0 aromatic carbocycles. The molecular weight excluding hydrogens is 88.1 g/mol. The quantitative estimate of drug-likeness (QED) is 0.345. The fraction of sp³-hybridized carbons (Fsp3) is 1.00. The summed E-state index contributed by atoms with van der Waals surface area (Å²) in [5, 5.41) is 7.54. The smallest absolute Gasteiger partial charge is 0.250 e. The summed E-state index contributed by atoms with van der Waals surface area (Å²) in [4.78, 5) is 0. The molecule has 5 heavy (non-hydrogen) atoms. The molecular formula is C2H4O2S. The van der Waals surface area contributed by atoms with Gasteiger partial charge in [-0.3, -0.25) is 4.18 Å². The first-order valence-corrected chi connectivity index (χ1v) is 2.04. The van der Waals surface area contributed by atoms with Gasteiger partial charge < -0.3 is 5.11 Å². The van der Waals surface area contributed by atoms with Gasteiger partial charge in [-0.1, -0.05) is 0 Å². The van der Waals surface area contributed by atoms with E-state index < -0.39 is 5.12 Å². The molecule has 0 bridgehead atoms. The molecule has 0 radical (unpaired) electrons. The highest BCUT2D eigenvalue weighted by Crippen LogP contribution is 2.43. The summed E-state index contributed by atoms with van der Waals surface area (Å²) in [6.45, 7) is 1.59. The van der Waals surface area contributed by atoms with Crippen molar-refractivity contribution in [2.24, 2.45) is 0 Å². The van der Waals surface area contributed by atoms with Crippen LogP contribution in [-0.4, -0.2) is 10.2 Å². The lowest BCUT2D eigenvalue weighted by molar-refractivity contribution is 0.0550. The second-order valence-corrected chi connectivity index (χ2v) is 2.16. The van der Waals surface area contributed by atoms with Gasteiger partial charge in [0.2, 0.25) is 5.12 Å². The van der Waals surface area contributed by atoms with Gasteiger partial charge in [-0.25, -0.2) is 0 Å². The molecule has 1 atom stereocenters. The third-order valence-corrected chi connectivity index (χ3v) is 0.974. The van der Waals surface area contributed by atoms with Gasteiger partial charge in [0, 0.05) is 6.92 Å². The Morgan fingerprint density at radius 3 is 2.20 bits per heavy atom. The van der Waals surface area contributed by atoms with Crippen molar-refractivity contribution in [3.63, 3.8) is 0 Å². The van der Waals surface area contributed by atoms with E-state index in [0.29, 0.717) is 0 Å². The van der Waals surface area contributed by atoms with Crippen molar-refractivity contribution in [1.82, 2.24) is 0 Å². The van der Waals surface area contributed by atoms with Crippen LogP contribution in [0.5, 0.6) is 0 Å². The second kappa shape index (κ2) is 0.668. The van der Waals surface area contributed by atoms with Crippen molar-refractivity contribution in [3.05, 3.63) is 0 Å². The average Bonchev–Trinajstić information content (AvgIpc) is 1.76. The van der Waals surface area contributed by atoms with E-state index in [2.05, 4.69) is 4.18 Å². The standard InChI is InChI=1S/C2H4O2S/c1-2(3)4-5-2/h3H,1H3. The summed E-state index contributed by atoms with van der Waals surface area (Å²) >= 11 is 1.08. The highest BCUT2D eigenvalue weighted by atomic mass is 32.2. The van der Waals surface area contributed by atoms with Crippen LogP contribution in [-0.2, 0) is 4.18 Å². The van der Waals surface area contributed by atoms with Gasteiger partial charge in [-0.05, 0) is 0 Å². The van der Waals surface area contributed by atoms with Gasteiger partial charge in [0.15, 0.2) is 0 Å². The second-order valence-electron chi connectivity index (χ2n) is 1.06. The molecule has 1 unspecified atom stereocenters. The Balaban J connectivity index is 2.38. The van der Waals surface area contributed by atoms with E-state index in [-0.39, 0.29) is 0 Å². The molecule has 1 rings (SSSR count). The Labute approximate surface area is 34.3 Å². The van der Waals surface area contributed by atoms with Crippen LogP contribution in [0.25, 0.3) is 0 Å². The summed E-state index contributed by atoms with van der Waals surface area (Å²) in [7, 11) is 0. The molecule has 1 fully saturated rings. The van der Waals surface area contributed by atoms with Crippen molar-refractivity contribution >= 4 is 12.0 Å². The average molecular weight is 92.1 g/mol. The van der Waals surface area contributed by atoms with Gasteiger partial charge >= 0.3 is 0 Å². The Kier molecular flexibility index (Phi) is 0.462. The maximum atomic E-state index is 8.37. The lowest BCUT2D eigenvalue weighted by Crippen LogP contribution is -1.93. The Hall–Kier alpha value is 0.270. The number of hydrogen-bond acceptors (Lipinski definition) is 3. The zero-order chi connectivity index (χ0) is 3.91. The minimum absolute atomic E-state index is 0.833. The van der Waals surface area contributed by atoms with Gasteiger partial charge in [-0.2, -0.15) is 0 Å². The van der Waals surface area contributed by atoms with Crippen LogP contribution in [0.1, 0.15) is 6.92 Å². The zero-order valence-corrected chi connectivity index (χ0v) is 3.58. The third-order valence-electron chi connectivity index (χ3n) is 0.325. The predicted molar refractivity (Wildman–Crippen MR) is 19.3 cm³/mol. The van der Waals surface area contributed by atoms with Crippen LogP contribution in [0.3, 0.4) is 0 Å². The van der Waals surface area contributed by atoms with Gasteiger partial charge in [0.05, 0.1) is 12.0 Å². The van der Waals surface area contributed by atoms with E-state index in [4.69, 9.17) is 5.11 Å². The maximum absolute atomic E-state index is 8.37. The molecule has 1 heterocycles. The molecule has 1 N–H and O–H groups in total. The van der Waals surface area contributed by atoms with Crippen LogP contribution < -0.4 is 0 Å². The summed E-state index contributed by atoms with van der Waals surface area (Å²) in [6.07, 6.45) is 0. The molecule has 0 amide bonds. The first-order chi connectivity index (χ1) is 2.21. The summed E-state index contributed by atoms with van der Waals surface area (Å²) in [6, 6.07) is 0. The molecule has 30 valence electrons. The molecule has 0 saturated carbocycles. The fourth-order valence-electron chi connectivity index (χ4n) is 0.0603. The van der Waals surface area contributed by atoms with Crippen molar-refractivity contribution in [2.75, 3.05) is 0 Å². The molecule has 1 aliphatic rings. The first-order valence-electron chi connectivity index (χ1n) is 1.30. The van der Waals surface area contributed by atoms with E-state index in [0.717, 1.165) is 12.0 Å². The van der Waals surface area contributed by atoms with E-state index >= 15 is 0 Å². The molecule has 1 aliphatic heterocycles. The Morgan fingerprint density at radius 1 is 2.00 bits per heavy atom. The maximum Gasteiger partial charge on any atom is 0.250 e. The van der Waals surface area contributed by atoms with Crippen molar-refractivity contribution < 1.29 is 9.29 Å². The van der Waals surface area contributed by atoms with Crippen LogP contribution in [0.2, 0.25) is 0 Å². The first kappa shape index (κ1) is 3.46. The molecule has 1 saturated heterocycles. The van der Waals surface area contributed by atoms with Crippen LogP contribution >= 0.6 is 12.0 Å². The highest BCUT2D eigenvalue weighted by Gasteiger charge is 2.39. The van der Waals surface area contributed by atoms with Gasteiger partial charge in [0.1, 0.15) is 0 Å². The lowest BCUT2D eigenvalue weighted by atomic mass is 10.8. The molecule has 0 aromatic rings. The molecule has 2 nitrogen and oxygen atoms in total. The van der Waals surface area contributed by atoms with Gasteiger partial charge in [0.25, 0.3) is 0 Å². The van der Waals surface area contributed by atoms with Crippen molar-refractivity contribution in [3.8, 4) is 0 Å². The normalized spacial score (nSPS) is 49.2. The SMILES string of the molecule is CC1(O)OS1. The molecule has 0 aromatic heterocycles. The topological polar surface area (TPSA) is 32.8 Å². The molecule has 0 aliphatic carbocycles. The number of rotatable bonds is 0. The highest BCUT2D eigenvalue weighted by molar-refractivity contribution is 8.01. The Bertz CT molecular complexity index is 45.6. The van der Waals surface area contributed by atoms with Crippen LogP contribution in [0.15, 0.2) is 0 Å². The van der Waals surface area contributed by atoms with E-state index in [1.807, 2.05) is 0 Å². The van der Waals surface area contributed by atoms with Crippen LogP contribution in [0, 0.1) is 0 Å². The van der Waals surface area contributed by atoms with E-state index in [9.17, 15) is 0 Å². The van der Waals surface area contributed by atoms with E-state index in [1.54, 1.807) is 6.92 Å². The Morgan fingerprint density at radius 2 is 2.20 bits per heavy atom. The summed E-state index contributed by atoms with van der Waals surface area (Å²) in [5.74, 6) is 0. The zero-order valence-electron chi connectivity index (χ0n) is 2.76. The number of hydrogen-bond donors (Lipinski definition) is 1. The minimum atomic E-state index is -0.833. The van der Waals surface area contributed by atoms with Crippen LogP contribution in [0.4, 0.5) is 0 Å². The monoisotopic (exact) mass is 92.0 g/mol. The summed E-state index contributed by atoms with van der Waals surface area (Å²) in [5.41, 5.74) is 0. The van der Waals surface area contributed by atoms with Gasteiger partial charge in [-0.15, -0.1) is 0 Å². The van der Waals surface area contributed by atoms with Crippen molar-refractivity contribution in [1.29, 1.82) is 0 Å². The fourth-order valence-corrected chi connectivity index (χ4v) is 0.181. The third kappa shape index (κ3) is 0.792. The molecule has 3 heteroatoms. The molecule has 0 spiro atoms. The minimum Gasteiger partial charge on any atom is -0.355 e. The van der Waals surface area contributed by atoms with E-state index in [1.165, 1.54) is 0 Å². The largest absolute Gasteiger partial charge is 0.355 e. The lowest BCUT2D eigenvalue weighted by Gasteiger charge is -1.77. The number of aliphatic hydroxyl groups is 1. The van der Waals surface area contributed by atoms with Crippen molar-refractivity contribution in [2.45, 2.75) is 12.0 Å². The predicted octanol–water partition coefficient (Wildman–Crippen LogP) is 0.331.